The molecule has 1 atom stereocenters. The normalized spacial score (nSPS) is 11.0. The van der Waals surface area contributed by atoms with Gasteiger partial charge in [-0.25, -0.2) is 9.59 Å². The van der Waals surface area contributed by atoms with Crippen molar-refractivity contribution in [3.05, 3.63) is 55.0 Å². The fourth-order valence-electron chi connectivity index (χ4n) is 1.60. The van der Waals surface area contributed by atoms with Crippen molar-refractivity contribution in [1.29, 1.82) is 0 Å². The first kappa shape index (κ1) is 22.3. The topological polar surface area (TPSA) is 90.9 Å². The first-order valence-electron chi connectivity index (χ1n) is 8.16. The summed E-state index contributed by atoms with van der Waals surface area (Å²) >= 11 is 1.52. The van der Waals surface area contributed by atoms with Gasteiger partial charge < -0.3 is 19.5 Å². The van der Waals surface area contributed by atoms with Crippen molar-refractivity contribution < 1.29 is 28.6 Å². The second kappa shape index (κ2) is 11.8. The zero-order chi connectivity index (χ0) is 20.2. The minimum Gasteiger partial charge on any atom is -0.460 e. The summed E-state index contributed by atoms with van der Waals surface area (Å²) in [6.45, 7) is 10.0. The molecule has 0 saturated heterocycles. The van der Waals surface area contributed by atoms with Crippen LogP contribution >= 0.6 is 11.8 Å². The Hall–Kier alpha value is -2.74. The summed E-state index contributed by atoms with van der Waals surface area (Å²) in [6.07, 6.45) is -0.870. The summed E-state index contributed by atoms with van der Waals surface area (Å²) in [6, 6.07) is 9.64. The highest BCUT2D eigenvalue weighted by Gasteiger charge is 2.18. The van der Waals surface area contributed by atoms with Crippen molar-refractivity contribution in [2.75, 3.05) is 18.9 Å². The molecule has 0 aliphatic heterocycles. The highest BCUT2D eigenvalue weighted by Crippen LogP contribution is 2.21. The lowest BCUT2D eigenvalue weighted by molar-refractivity contribution is -0.146. The number of thioether (sulfide) groups is 1. The van der Waals surface area contributed by atoms with Gasteiger partial charge in [-0.1, -0.05) is 31.7 Å². The van der Waals surface area contributed by atoms with E-state index in [1.165, 1.54) is 18.7 Å². The maximum absolute atomic E-state index is 12.0. The Morgan fingerprint density at radius 3 is 2.44 bits per heavy atom. The van der Waals surface area contributed by atoms with Gasteiger partial charge in [0.25, 0.3) is 5.95 Å². The zero-order valence-electron chi connectivity index (χ0n) is 15.4. The smallest absolute Gasteiger partial charge is 0.415 e. The first-order chi connectivity index (χ1) is 12.8. The molecule has 0 bridgehead atoms. The minimum absolute atomic E-state index is 0.0310. The molecule has 0 heterocycles. The molecular weight excluding hydrogens is 370 g/mol. The highest BCUT2D eigenvalue weighted by atomic mass is 32.2. The van der Waals surface area contributed by atoms with Gasteiger partial charge in [0, 0.05) is 16.2 Å². The van der Waals surface area contributed by atoms with Crippen molar-refractivity contribution in [1.82, 2.24) is 5.32 Å². The number of carbonyl (C=O) groups excluding carboxylic acids is 3. The van der Waals surface area contributed by atoms with Crippen molar-refractivity contribution >= 4 is 29.8 Å². The summed E-state index contributed by atoms with van der Waals surface area (Å²) in [4.78, 5) is 35.7. The van der Waals surface area contributed by atoms with Crippen molar-refractivity contribution in [2.24, 2.45) is 5.92 Å². The fraction of sp³-hybridized carbons (Fsp3) is 0.316. The molecule has 0 saturated carbocycles. The standard InChI is InChI=1S/C19H23NO6S/c1-13(2)17(21)24-11-10-20-19(23)26-15(4)25-18(22)14(3)12-27-16-8-6-5-7-9-16/h5-9,14H,1,4,10-12H2,2-3H3,(H,20,23). The molecule has 1 amide bonds. The molecule has 1 N–H and O–H groups in total. The van der Waals surface area contributed by atoms with E-state index in [4.69, 9.17) is 14.2 Å². The van der Waals surface area contributed by atoms with Gasteiger partial charge in [0.15, 0.2) is 0 Å². The Bertz CT molecular complexity index is 689. The average Bonchev–Trinajstić information content (AvgIpc) is 2.63. The highest BCUT2D eigenvalue weighted by molar-refractivity contribution is 7.99. The lowest BCUT2D eigenvalue weighted by Gasteiger charge is -2.12. The number of hydrogen-bond acceptors (Lipinski definition) is 7. The van der Waals surface area contributed by atoms with Gasteiger partial charge in [0.1, 0.15) is 6.61 Å². The van der Waals surface area contributed by atoms with Crippen LogP contribution < -0.4 is 5.32 Å². The molecule has 0 aliphatic carbocycles. The number of nitrogens with one attached hydrogen (secondary N) is 1. The molecule has 1 aromatic rings. The third-order valence-electron chi connectivity index (χ3n) is 3.02. The van der Waals surface area contributed by atoms with E-state index >= 15 is 0 Å². The van der Waals surface area contributed by atoms with Gasteiger partial charge in [-0.3, -0.25) is 4.79 Å². The quantitative estimate of drug-likeness (QED) is 0.214. The molecular formula is C19H23NO6S. The van der Waals surface area contributed by atoms with E-state index < -0.39 is 29.9 Å². The van der Waals surface area contributed by atoms with Gasteiger partial charge in [-0.05, 0) is 25.6 Å². The van der Waals surface area contributed by atoms with Crippen molar-refractivity contribution in [3.8, 4) is 0 Å². The van der Waals surface area contributed by atoms with E-state index in [1.54, 1.807) is 6.92 Å². The molecule has 0 radical (unpaired) electrons. The van der Waals surface area contributed by atoms with Crippen LogP contribution in [0, 0.1) is 5.92 Å². The van der Waals surface area contributed by atoms with Gasteiger partial charge in [-0.15, -0.1) is 11.8 Å². The molecule has 0 aliphatic rings. The molecule has 8 heteroatoms. The van der Waals surface area contributed by atoms with Crippen LogP contribution in [0.25, 0.3) is 0 Å². The molecule has 0 fully saturated rings. The number of esters is 2. The van der Waals surface area contributed by atoms with Crippen molar-refractivity contribution in [2.45, 2.75) is 18.7 Å². The number of rotatable bonds is 10. The van der Waals surface area contributed by atoms with Crippen LogP contribution in [0.15, 0.2) is 59.9 Å². The third kappa shape index (κ3) is 9.50. The van der Waals surface area contributed by atoms with E-state index in [-0.39, 0.29) is 18.7 Å². The van der Waals surface area contributed by atoms with Crippen LogP contribution in [0.4, 0.5) is 4.79 Å². The Kier molecular flexibility index (Phi) is 9.74. The lowest BCUT2D eigenvalue weighted by atomic mass is 10.2. The molecule has 1 rings (SSSR count). The molecule has 27 heavy (non-hydrogen) atoms. The van der Waals surface area contributed by atoms with Crippen molar-refractivity contribution in [3.63, 3.8) is 0 Å². The third-order valence-corrected chi connectivity index (χ3v) is 4.29. The molecule has 0 spiro atoms. The van der Waals surface area contributed by atoms with Crippen LogP contribution in [-0.2, 0) is 23.8 Å². The predicted octanol–water partition coefficient (Wildman–Crippen LogP) is 3.27. The molecule has 146 valence electrons. The van der Waals surface area contributed by atoms with Crippen LogP contribution in [0.1, 0.15) is 13.8 Å². The Balaban J connectivity index is 2.23. The number of ether oxygens (including phenoxy) is 3. The monoisotopic (exact) mass is 393 g/mol. The molecule has 0 aromatic heterocycles. The molecule has 7 nitrogen and oxygen atoms in total. The number of carbonyl (C=O) groups is 3. The van der Waals surface area contributed by atoms with Crippen LogP contribution in [-0.4, -0.2) is 36.9 Å². The van der Waals surface area contributed by atoms with Crippen LogP contribution in [0.5, 0.6) is 0 Å². The number of hydrogen-bond donors (Lipinski definition) is 1. The maximum Gasteiger partial charge on any atom is 0.415 e. The summed E-state index contributed by atoms with van der Waals surface area (Å²) in [5.41, 5.74) is 0.261. The number of benzene rings is 1. The summed E-state index contributed by atoms with van der Waals surface area (Å²) in [5.74, 6) is -1.43. The number of alkyl carbamates (subject to hydrolysis) is 1. The van der Waals surface area contributed by atoms with Gasteiger partial charge >= 0.3 is 18.0 Å². The minimum atomic E-state index is -0.870. The first-order valence-corrected chi connectivity index (χ1v) is 9.15. The second-order valence-corrected chi connectivity index (χ2v) is 6.64. The second-order valence-electron chi connectivity index (χ2n) is 5.55. The lowest BCUT2D eigenvalue weighted by Crippen LogP contribution is -2.29. The summed E-state index contributed by atoms with van der Waals surface area (Å²) in [5, 5.41) is 2.33. The summed E-state index contributed by atoms with van der Waals surface area (Å²) < 4.78 is 14.5. The Labute approximate surface area is 162 Å². The molecule has 1 unspecified atom stereocenters. The van der Waals surface area contributed by atoms with E-state index in [0.29, 0.717) is 5.75 Å². The van der Waals surface area contributed by atoms with Gasteiger partial charge in [0.05, 0.1) is 12.5 Å². The van der Waals surface area contributed by atoms with E-state index in [9.17, 15) is 14.4 Å². The van der Waals surface area contributed by atoms with E-state index in [0.717, 1.165) is 4.90 Å². The van der Waals surface area contributed by atoms with Gasteiger partial charge in [-0.2, -0.15) is 0 Å². The SMILES string of the molecule is C=C(OC(=O)NCCOC(=O)C(=C)C)OC(=O)C(C)CSc1ccccc1. The van der Waals surface area contributed by atoms with Crippen LogP contribution in [0.3, 0.4) is 0 Å². The fourth-order valence-corrected chi connectivity index (χ4v) is 2.53. The summed E-state index contributed by atoms with van der Waals surface area (Å²) in [7, 11) is 0. The average molecular weight is 393 g/mol. The van der Waals surface area contributed by atoms with E-state index in [1.807, 2.05) is 30.3 Å². The molecule has 1 aromatic carbocycles. The van der Waals surface area contributed by atoms with Crippen LogP contribution in [0.2, 0.25) is 0 Å². The Morgan fingerprint density at radius 2 is 1.81 bits per heavy atom. The maximum atomic E-state index is 12.0. The zero-order valence-corrected chi connectivity index (χ0v) is 16.2. The largest absolute Gasteiger partial charge is 0.460 e. The Morgan fingerprint density at radius 1 is 1.15 bits per heavy atom. The number of amides is 1. The van der Waals surface area contributed by atoms with E-state index in [2.05, 4.69) is 18.5 Å². The van der Waals surface area contributed by atoms with Gasteiger partial charge in [0.2, 0.25) is 0 Å². The predicted molar refractivity (Wildman–Crippen MR) is 102 cm³/mol.